The molecule has 0 heterocycles. The van der Waals surface area contributed by atoms with E-state index in [2.05, 4.69) is 13.0 Å². The minimum atomic E-state index is -0.780. The Morgan fingerprint density at radius 1 is 1.50 bits per heavy atom. The summed E-state index contributed by atoms with van der Waals surface area (Å²) in [4.78, 5) is 0. The molecule has 0 fully saturated rings. The molecule has 0 saturated carbocycles. The summed E-state index contributed by atoms with van der Waals surface area (Å²) in [6.45, 7) is 4.08. The minimum absolute atomic E-state index is 0.0987. The molecule has 0 rings (SSSR count). The molecule has 2 unspecified atom stereocenters. The molecule has 70 valence electrons. The van der Waals surface area contributed by atoms with E-state index in [1.54, 1.807) is 0 Å². The molecule has 0 aromatic rings. The van der Waals surface area contributed by atoms with Gasteiger partial charge in [-0.3, -0.25) is 4.21 Å². The Hall–Kier alpha value is -0.360. The van der Waals surface area contributed by atoms with E-state index >= 15 is 0 Å². The standard InChI is InChI=1S/C9H17NOS/c1-3-5-8-12(11)9(4-2)6-7-10/h9H,3-6,8H2,1-2H3. The van der Waals surface area contributed by atoms with E-state index in [1.807, 2.05) is 6.92 Å². The van der Waals surface area contributed by atoms with Crippen LogP contribution in [0.15, 0.2) is 0 Å². The first kappa shape index (κ1) is 11.6. The molecule has 0 N–H and O–H groups in total. The third-order valence-corrected chi connectivity index (χ3v) is 3.78. The number of unbranched alkanes of at least 4 members (excludes halogenated alkanes) is 1. The number of nitriles is 1. The van der Waals surface area contributed by atoms with Gasteiger partial charge in [-0.25, -0.2) is 0 Å². The van der Waals surface area contributed by atoms with Gasteiger partial charge in [0.05, 0.1) is 6.07 Å². The molecule has 0 aliphatic carbocycles. The van der Waals surface area contributed by atoms with E-state index in [1.165, 1.54) is 0 Å². The van der Waals surface area contributed by atoms with Gasteiger partial charge in [0.25, 0.3) is 0 Å². The predicted molar refractivity (Wildman–Crippen MR) is 52.2 cm³/mol. The molecular formula is C9H17NOS. The molecule has 0 aromatic heterocycles. The van der Waals surface area contributed by atoms with E-state index < -0.39 is 10.8 Å². The van der Waals surface area contributed by atoms with Gasteiger partial charge in [0.15, 0.2) is 0 Å². The lowest BCUT2D eigenvalue weighted by Gasteiger charge is -2.09. The van der Waals surface area contributed by atoms with Crippen molar-refractivity contribution >= 4 is 10.8 Å². The summed E-state index contributed by atoms with van der Waals surface area (Å²) in [5.41, 5.74) is 0. The minimum Gasteiger partial charge on any atom is -0.259 e. The Labute approximate surface area is 77.4 Å². The number of hydrogen-bond donors (Lipinski definition) is 0. The van der Waals surface area contributed by atoms with Gasteiger partial charge >= 0.3 is 0 Å². The summed E-state index contributed by atoms with van der Waals surface area (Å²) in [6.07, 6.45) is 3.37. The number of rotatable bonds is 6. The highest BCUT2D eigenvalue weighted by Crippen LogP contribution is 2.08. The van der Waals surface area contributed by atoms with Gasteiger partial charge in [-0.1, -0.05) is 20.3 Å². The zero-order chi connectivity index (χ0) is 9.40. The van der Waals surface area contributed by atoms with Crippen LogP contribution in [0, 0.1) is 11.3 Å². The van der Waals surface area contributed by atoms with E-state index in [-0.39, 0.29) is 5.25 Å². The van der Waals surface area contributed by atoms with Crippen molar-refractivity contribution in [1.82, 2.24) is 0 Å². The fourth-order valence-electron chi connectivity index (χ4n) is 0.978. The van der Waals surface area contributed by atoms with Crippen molar-refractivity contribution in [2.75, 3.05) is 5.75 Å². The summed E-state index contributed by atoms with van der Waals surface area (Å²) in [5, 5.41) is 8.56. The van der Waals surface area contributed by atoms with Crippen molar-refractivity contribution in [2.24, 2.45) is 0 Å². The maximum absolute atomic E-state index is 11.5. The van der Waals surface area contributed by atoms with Crippen LogP contribution in [0.2, 0.25) is 0 Å². The van der Waals surface area contributed by atoms with Crippen LogP contribution in [-0.4, -0.2) is 15.2 Å². The first-order chi connectivity index (χ1) is 5.76. The highest BCUT2D eigenvalue weighted by atomic mass is 32.2. The van der Waals surface area contributed by atoms with Crippen LogP contribution in [0.25, 0.3) is 0 Å². The van der Waals surface area contributed by atoms with Crippen LogP contribution in [0.5, 0.6) is 0 Å². The smallest absolute Gasteiger partial charge is 0.0634 e. The van der Waals surface area contributed by atoms with Crippen molar-refractivity contribution in [3.05, 3.63) is 0 Å². The maximum atomic E-state index is 11.5. The Kier molecular flexibility index (Phi) is 7.08. The van der Waals surface area contributed by atoms with Gasteiger partial charge in [0, 0.05) is 28.2 Å². The van der Waals surface area contributed by atoms with E-state index in [0.717, 1.165) is 25.0 Å². The molecule has 0 radical (unpaired) electrons. The quantitative estimate of drug-likeness (QED) is 0.639. The van der Waals surface area contributed by atoms with E-state index in [0.29, 0.717) is 6.42 Å². The lowest BCUT2D eigenvalue weighted by Crippen LogP contribution is -2.16. The molecule has 0 spiro atoms. The van der Waals surface area contributed by atoms with Crippen molar-refractivity contribution < 1.29 is 4.21 Å². The lowest BCUT2D eigenvalue weighted by molar-refractivity contribution is 0.661. The van der Waals surface area contributed by atoms with Gasteiger partial charge in [-0.2, -0.15) is 5.26 Å². The Balaban J connectivity index is 3.79. The molecular weight excluding hydrogens is 170 g/mol. The van der Waals surface area contributed by atoms with Gasteiger partial charge in [0.2, 0.25) is 0 Å². The molecule has 0 saturated heterocycles. The summed E-state index contributed by atoms with van der Waals surface area (Å²) in [7, 11) is -0.780. The van der Waals surface area contributed by atoms with Crippen molar-refractivity contribution in [2.45, 2.75) is 44.8 Å². The molecule has 3 heteroatoms. The predicted octanol–water partition coefficient (Wildman–Crippen LogP) is 2.23. The highest BCUT2D eigenvalue weighted by molar-refractivity contribution is 7.85. The topological polar surface area (TPSA) is 40.9 Å². The molecule has 0 bridgehead atoms. The maximum Gasteiger partial charge on any atom is 0.0634 e. The Morgan fingerprint density at radius 3 is 2.58 bits per heavy atom. The Morgan fingerprint density at radius 2 is 2.17 bits per heavy atom. The average Bonchev–Trinajstić information content (AvgIpc) is 2.10. The summed E-state index contributed by atoms with van der Waals surface area (Å²) in [6, 6.07) is 2.08. The van der Waals surface area contributed by atoms with Gasteiger partial charge in [-0.05, 0) is 12.8 Å². The monoisotopic (exact) mass is 187 g/mol. The average molecular weight is 187 g/mol. The van der Waals surface area contributed by atoms with Gasteiger partial charge < -0.3 is 0 Å². The van der Waals surface area contributed by atoms with E-state index in [4.69, 9.17) is 5.26 Å². The van der Waals surface area contributed by atoms with Crippen LogP contribution in [0.1, 0.15) is 39.5 Å². The largest absolute Gasteiger partial charge is 0.259 e. The van der Waals surface area contributed by atoms with Crippen LogP contribution in [0.3, 0.4) is 0 Å². The first-order valence-corrected chi connectivity index (χ1v) is 5.88. The zero-order valence-electron chi connectivity index (χ0n) is 7.88. The second-order valence-electron chi connectivity index (χ2n) is 2.83. The second-order valence-corrected chi connectivity index (χ2v) is 4.67. The summed E-state index contributed by atoms with van der Waals surface area (Å²) in [5.74, 6) is 0.761. The Bertz CT molecular complexity index is 174. The van der Waals surface area contributed by atoms with Gasteiger partial charge in [0.1, 0.15) is 0 Å². The zero-order valence-corrected chi connectivity index (χ0v) is 8.69. The molecule has 0 aliphatic rings. The fourth-order valence-corrected chi connectivity index (χ4v) is 2.52. The third-order valence-electron chi connectivity index (χ3n) is 1.85. The first-order valence-electron chi connectivity index (χ1n) is 4.50. The lowest BCUT2D eigenvalue weighted by atomic mass is 10.3. The summed E-state index contributed by atoms with van der Waals surface area (Å²) < 4.78 is 11.5. The van der Waals surface area contributed by atoms with Crippen LogP contribution >= 0.6 is 0 Å². The second kappa shape index (κ2) is 7.30. The van der Waals surface area contributed by atoms with Crippen molar-refractivity contribution in [1.29, 1.82) is 5.26 Å². The van der Waals surface area contributed by atoms with Crippen molar-refractivity contribution in [3.8, 4) is 6.07 Å². The fraction of sp³-hybridized carbons (Fsp3) is 0.889. The molecule has 0 aromatic carbocycles. The molecule has 0 amide bonds. The van der Waals surface area contributed by atoms with Crippen LogP contribution in [0.4, 0.5) is 0 Å². The SMILES string of the molecule is CCCCS(=O)C(CC)CC#N. The molecule has 2 nitrogen and oxygen atoms in total. The highest BCUT2D eigenvalue weighted by Gasteiger charge is 2.12. The van der Waals surface area contributed by atoms with Crippen LogP contribution in [-0.2, 0) is 10.8 Å². The molecule has 2 atom stereocenters. The van der Waals surface area contributed by atoms with Gasteiger partial charge in [-0.15, -0.1) is 0 Å². The number of hydrogen-bond acceptors (Lipinski definition) is 2. The van der Waals surface area contributed by atoms with E-state index in [9.17, 15) is 4.21 Å². The molecule has 0 aliphatic heterocycles. The third kappa shape index (κ3) is 4.50. The normalized spacial score (nSPS) is 15.1. The summed E-state index contributed by atoms with van der Waals surface area (Å²) >= 11 is 0. The number of nitrogens with zero attached hydrogens (tertiary/aromatic N) is 1. The van der Waals surface area contributed by atoms with Crippen LogP contribution < -0.4 is 0 Å². The molecule has 12 heavy (non-hydrogen) atoms. The van der Waals surface area contributed by atoms with Crippen molar-refractivity contribution in [3.63, 3.8) is 0 Å².